The molecule has 1 saturated heterocycles. The number of H-pyrrole nitrogens is 1. The van der Waals surface area contributed by atoms with Crippen molar-refractivity contribution in [3.8, 4) is 0 Å². The molecule has 3 heterocycles. The van der Waals surface area contributed by atoms with E-state index in [0.29, 0.717) is 19.5 Å². The van der Waals surface area contributed by atoms with Crippen LogP contribution in [0.15, 0.2) is 76.9 Å². The first kappa shape index (κ1) is 24.3. The number of amides is 1. The Labute approximate surface area is 214 Å². The predicted octanol–water partition coefficient (Wildman–Crippen LogP) is 5.41. The molecule has 0 spiro atoms. The Balaban J connectivity index is 1.56. The van der Waals surface area contributed by atoms with Gasteiger partial charge in [-0.25, -0.2) is 9.59 Å². The summed E-state index contributed by atoms with van der Waals surface area (Å²) in [6.45, 7) is 4.54. The zero-order valence-electron chi connectivity index (χ0n) is 20.4. The number of hydrogen-bond donors (Lipinski definition) is 2. The average molecular weight is 505 g/mol. The molecule has 7 nitrogen and oxygen atoms in total. The van der Waals surface area contributed by atoms with Gasteiger partial charge in [0.1, 0.15) is 0 Å². The third kappa shape index (κ3) is 4.96. The number of aromatic amines is 1. The molecular weight excluding hydrogens is 472 g/mol. The Hall–Kier alpha value is -3.36. The highest BCUT2D eigenvalue weighted by molar-refractivity contribution is 7.09. The summed E-state index contributed by atoms with van der Waals surface area (Å²) in [6, 6.07) is 22.4. The van der Waals surface area contributed by atoms with Gasteiger partial charge in [0, 0.05) is 49.1 Å². The van der Waals surface area contributed by atoms with Crippen LogP contribution < -0.4 is 5.69 Å². The first-order chi connectivity index (χ1) is 17.5. The average Bonchev–Trinajstić information content (AvgIpc) is 3.52. The fourth-order valence-electron chi connectivity index (χ4n) is 5.79. The quantitative estimate of drug-likeness (QED) is 0.336. The summed E-state index contributed by atoms with van der Waals surface area (Å²) in [6.07, 6.45) is 0.560. The third-order valence-corrected chi connectivity index (χ3v) is 8.26. The Kier molecular flexibility index (Phi) is 7.25. The zero-order chi connectivity index (χ0) is 25.1. The first-order valence-electron chi connectivity index (χ1n) is 12.5. The van der Waals surface area contributed by atoms with Gasteiger partial charge < -0.3 is 15.0 Å². The van der Waals surface area contributed by atoms with Gasteiger partial charge in [-0.05, 0) is 42.0 Å². The summed E-state index contributed by atoms with van der Waals surface area (Å²) in [7, 11) is 0. The Bertz CT molecular complexity index is 1350. The van der Waals surface area contributed by atoms with E-state index in [9.17, 15) is 14.7 Å². The second-order valence-electron chi connectivity index (χ2n) is 9.51. The number of thiophene rings is 1. The minimum absolute atomic E-state index is 0.0413. The van der Waals surface area contributed by atoms with E-state index in [-0.39, 0.29) is 23.7 Å². The van der Waals surface area contributed by atoms with E-state index in [2.05, 4.69) is 58.6 Å². The first-order valence-corrected chi connectivity index (χ1v) is 13.4. The van der Waals surface area contributed by atoms with Crippen molar-refractivity contribution in [3.05, 3.63) is 93.0 Å². The topological polar surface area (TPSA) is 81.6 Å². The lowest BCUT2D eigenvalue weighted by Gasteiger charge is -2.45. The molecule has 2 N–H and O–H groups in total. The van der Waals surface area contributed by atoms with Crippen LogP contribution in [-0.4, -0.2) is 49.7 Å². The molecule has 3 unspecified atom stereocenters. The van der Waals surface area contributed by atoms with Crippen LogP contribution in [-0.2, 0) is 13.1 Å². The molecule has 0 radical (unpaired) electrons. The largest absolute Gasteiger partial charge is 0.465 e. The molecule has 36 heavy (non-hydrogen) atoms. The number of nitrogens with one attached hydrogen (secondary N) is 1. The Morgan fingerprint density at radius 2 is 1.89 bits per heavy atom. The molecule has 5 rings (SSSR count). The highest BCUT2D eigenvalue weighted by Gasteiger charge is 2.40. The number of carboxylic acid groups (broad SMARTS) is 1. The number of rotatable bonds is 8. The molecule has 1 aliphatic heterocycles. The normalized spacial score (nSPS) is 19.1. The van der Waals surface area contributed by atoms with Crippen LogP contribution in [0.5, 0.6) is 0 Å². The number of imidazole rings is 1. The molecule has 0 bridgehead atoms. The van der Waals surface area contributed by atoms with E-state index in [4.69, 9.17) is 0 Å². The monoisotopic (exact) mass is 504 g/mol. The lowest BCUT2D eigenvalue weighted by atomic mass is 9.83. The van der Waals surface area contributed by atoms with Crippen molar-refractivity contribution < 1.29 is 9.90 Å². The summed E-state index contributed by atoms with van der Waals surface area (Å²) in [5.41, 5.74) is 2.79. The minimum atomic E-state index is -0.896. The number of hydrogen-bond acceptors (Lipinski definition) is 4. The number of benzene rings is 2. The Morgan fingerprint density at radius 3 is 2.61 bits per heavy atom. The smallest absolute Gasteiger partial charge is 0.407 e. The molecule has 1 aliphatic rings. The maximum absolute atomic E-state index is 13.2. The van der Waals surface area contributed by atoms with Crippen molar-refractivity contribution in [1.29, 1.82) is 0 Å². The predicted molar refractivity (Wildman–Crippen MR) is 143 cm³/mol. The van der Waals surface area contributed by atoms with Crippen LogP contribution in [0.3, 0.4) is 0 Å². The van der Waals surface area contributed by atoms with Crippen LogP contribution in [0.2, 0.25) is 0 Å². The Morgan fingerprint density at radius 1 is 1.11 bits per heavy atom. The second kappa shape index (κ2) is 10.7. The molecule has 2 aromatic heterocycles. The number of nitrogens with zero attached hydrogens (tertiary/aromatic N) is 3. The number of piperidine rings is 1. The van der Waals surface area contributed by atoms with Gasteiger partial charge in [0.2, 0.25) is 0 Å². The van der Waals surface area contributed by atoms with Gasteiger partial charge in [-0.1, -0.05) is 55.5 Å². The molecule has 188 valence electrons. The summed E-state index contributed by atoms with van der Waals surface area (Å²) >= 11 is 1.74. The lowest BCUT2D eigenvalue weighted by molar-refractivity contribution is 0.0345. The lowest BCUT2D eigenvalue weighted by Crippen LogP contribution is -2.53. The molecule has 1 amide bonds. The number of para-hydroxylation sites is 2. The molecule has 0 aliphatic carbocycles. The van der Waals surface area contributed by atoms with Crippen molar-refractivity contribution >= 4 is 28.5 Å². The van der Waals surface area contributed by atoms with E-state index in [1.54, 1.807) is 11.3 Å². The van der Waals surface area contributed by atoms with Crippen LogP contribution in [0, 0.1) is 5.92 Å². The van der Waals surface area contributed by atoms with E-state index < -0.39 is 6.09 Å². The third-order valence-electron chi connectivity index (χ3n) is 7.40. The zero-order valence-corrected chi connectivity index (χ0v) is 21.2. The van der Waals surface area contributed by atoms with E-state index >= 15 is 0 Å². The van der Waals surface area contributed by atoms with E-state index in [1.807, 2.05) is 34.9 Å². The molecule has 4 aromatic rings. The van der Waals surface area contributed by atoms with E-state index in [0.717, 1.165) is 30.5 Å². The summed E-state index contributed by atoms with van der Waals surface area (Å²) in [5.74, 6) is -0.0413. The molecule has 3 atom stereocenters. The molecular formula is C28H32N4O3S. The maximum Gasteiger partial charge on any atom is 0.407 e. The number of carbonyl (C=O) groups is 1. The second-order valence-corrected chi connectivity index (χ2v) is 10.5. The fraction of sp³-hybridized carbons (Fsp3) is 0.357. The molecule has 1 fully saturated rings. The summed E-state index contributed by atoms with van der Waals surface area (Å²) in [5, 5.41) is 12.0. The highest BCUT2D eigenvalue weighted by atomic mass is 32.1. The van der Waals surface area contributed by atoms with Gasteiger partial charge in [0.05, 0.1) is 11.0 Å². The number of aromatic nitrogens is 2. The summed E-state index contributed by atoms with van der Waals surface area (Å²) in [4.78, 5) is 33.5. The maximum atomic E-state index is 13.2. The van der Waals surface area contributed by atoms with Crippen molar-refractivity contribution in [2.24, 2.45) is 5.92 Å². The van der Waals surface area contributed by atoms with Crippen LogP contribution in [0.1, 0.15) is 36.2 Å². The minimum Gasteiger partial charge on any atom is -0.465 e. The van der Waals surface area contributed by atoms with E-state index in [1.165, 1.54) is 15.3 Å². The van der Waals surface area contributed by atoms with Gasteiger partial charge in [-0.2, -0.15) is 0 Å². The van der Waals surface area contributed by atoms with Crippen molar-refractivity contribution in [2.45, 2.75) is 44.9 Å². The summed E-state index contributed by atoms with van der Waals surface area (Å²) < 4.78 is 1.88. The van der Waals surface area contributed by atoms with Crippen LogP contribution in [0.4, 0.5) is 4.79 Å². The van der Waals surface area contributed by atoms with Crippen LogP contribution >= 0.6 is 11.3 Å². The number of likely N-dealkylation sites (tertiary alicyclic amines) is 1. The van der Waals surface area contributed by atoms with Gasteiger partial charge in [0.15, 0.2) is 0 Å². The molecule has 0 saturated carbocycles. The SMILES string of the molecule is CCC(C1CN(C(=O)O)CCC1n1c(=O)[nH]c2ccccc21)N(Cc1ccccc1)Cc1cccs1. The van der Waals surface area contributed by atoms with Crippen LogP contribution in [0.25, 0.3) is 11.0 Å². The standard InChI is InChI=1S/C28H32N4O3S/c1-2-24(31(18-21-11-8-16-36-21)17-20-9-4-3-5-10-20)22-19-30(28(34)35)15-14-25(22)32-26-13-7-6-12-23(26)29-27(32)33/h3-13,16,22,24-25H,2,14-15,17-19H2,1H3,(H,29,33)(H,34,35). The molecule has 8 heteroatoms. The highest BCUT2D eigenvalue weighted by Crippen LogP contribution is 2.36. The van der Waals surface area contributed by atoms with Crippen molar-refractivity contribution in [3.63, 3.8) is 0 Å². The number of fused-ring (bicyclic) bond motifs is 1. The fourth-order valence-corrected chi connectivity index (χ4v) is 6.52. The molecule has 2 aromatic carbocycles. The van der Waals surface area contributed by atoms with Gasteiger partial charge in [-0.3, -0.25) is 9.47 Å². The van der Waals surface area contributed by atoms with Gasteiger partial charge in [0.25, 0.3) is 0 Å². The van der Waals surface area contributed by atoms with Gasteiger partial charge in [-0.15, -0.1) is 11.3 Å². The van der Waals surface area contributed by atoms with Gasteiger partial charge >= 0.3 is 11.8 Å². The van der Waals surface area contributed by atoms with Crippen molar-refractivity contribution in [2.75, 3.05) is 13.1 Å². The van der Waals surface area contributed by atoms with Crippen molar-refractivity contribution in [1.82, 2.24) is 19.4 Å².